The smallest absolute Gasteiger partial charge is 0.410 e. The molecule has 2 fully saturated rings. The van der Waals surface area contributed by atoms with Gasteiger partial charge in [0.05, 0.1) is 13.2 Å². The fourth-order valence-electron chi connectivity index (χ4n) is 6.66. The SMILES string of the molecule is C[C@@H]1CO[B][C@@H]1NC(=O)[C@@H]1C[C@@H]2CN1C(=O)[C@H](C(C)(C)C)NC(=O)OCC(C)(C)CCCCc1cccc3c1CN(C3)C(=O)O2. The fourth-order valence-corrected chi connectivity index (χ4v) is 6.66. The summed E-state index contributed by atoms with van der Waals surface area (Å²) >= 11 is 0. The van der Waals surface area contributed by atoms with Crippen LogP contribution in [-0.2, 0) is 43.2 Å². The summed E-state index contributed by atoms with van der Waals surface area (Å²) in [4.78, 5) is 57.6. The zero-order valence-electron chi connectivity index (χ0n) is 27.5. The third kappa shape index (κ3) is 7.76. The highest BCUT2D eigenvalue weighted by Crippen LogP contribution is 2.32. The normalized spacial score (nSPS) is 29.4. The molecule has 4 aliphatic heterocycles. The first kappa shape index (κ1) is 33.1. The number of amides is 4. The number of alkyl carbamates (subject to hydrolysis) is 1. The first-order valence-corrected chi connectivity index (χ1v) is 16.3. The first-order valence-electron chi connectivity index (χ1n) is 16.3. The van der Waals surface area contributed by atoms with E-state index in [-0.39, 0.29) is 42.8 Å². The monoisotopic (exact) mass is 623 g/mol. The third-order valence-electron chi connectivity index (χ3n) is 9.50. The number of hydrogen-bond donors (Lipinski definition) is 2. The quantitative estimate of drug-likeness (QED) is 0.481. The van der Waals surface area contributed by atoms with Crippen molar-refractivity contribution in [2.75, 3.05) is 19.8 Å². The van der Waals surface area contributed by atoms with Crippen molar-refractivity contribution in [1.82, 2.24) is 20.4 Å². The number of nitrogens with zero attached hydrogens (tertiary/aromatic N) is 2. The van der Waals surface area contributed by atoms with Crippen LogP contribution in [0.5, 0.6) is 0 Å². The number of ether oxygens (including phenoxy) is 2. The molecule has 2 N–H and O–H groups in total. The summed E-state index contributed by atoms with van der Waals surface area (Å²) in [7, 11) is 1.61. The second-order valence-corrected chi connectivity index (χ2v) is 15.0. The maximum Gasteiger partial charge on any atom is 0.410 e. The molecule has 1 aromatic carbocycles. The van der Waals surface area contributed by atoms with E-state index in [1.807, 2.05) is 33.8 Å². The van der Waals surface area contributed by atoms with Gasteiger partial charge >= 0.3 is 19.7 Å². The number of carbonyl (C=O) groups is 4. The van der Waals surface area contributed by atoms with Crippen LogP contribution in [0.1, 0.15) is 83.9 Å². The number of nitrogens with one attached hydrogen (secondary N) is 2. The van der Waals surface area contributed by atoms with Gasteiger partial charge in [0.15, 0.2) is 0 Å². The predicted molar refractivity (Wildman–Crippen MR) is 168 cm³/mol. The van der Waals surface area contributed by atoms with Gasteiger partial charge in [0.2, 0.25) is 11.8 Å². The van der Waals surface area contributed by atoms with Crippen LogP contribution < -0.4 is 10.6 Å². The predicted octanol–water partition coefficient (Wildman–Crippen LogP) is 3.73. The molecule has 245 valence electrons. The van der Waals surface area contributed by atoms with Crippen molar-refractivity contribution in [2.24, 2.45) is 16.7 Å². The second-order valence-electron chi connectivity index (χ2n) is 15.0. The van der Waals surface area contributed by atoms with Gasteiger partial charge < -0.3 is 29.7 Å². The average Bonchev–Trinajstić information content (AvgIpc) is 3.70. The van der Waals surface area contributed by atoms with Gasteiger partial charge in [0.25, 0.3) is 0 Å². The number of benzene rings is 1. The van der Waals surface area contributed by atoms with Gasteiger partial charge in [-0.2, -0.15) is 0 Å². The molecule has 11 nitrogen and oxygen atoms in total. The maximum atomic E-state index is 14.2. The van der Waals surface area contributed by atoms with Crippen LogP contribution >= 0.6 is 0 Å². The van der Waals surface area contributed by atoms with E-state index in [1.165, 1.54) is 16.0 Å². The van der Waals surface area contributed by atoms with Crippen LogP contribution in [0.3, 0.4) is 0 Å². The summed E-state index contributed by atoms with van der Waals surface area (Å²) in [6, 6.07) is 4.35. The maximum absolute atomic E-state index is 14.2. The minimum Gasteiger partial charge on any atom is -0.449 e. The third-order valence-corrected chi connectivity index (χ3v) is 9.50. The Morgan fingerprint density at radius 1 is 1.11 bits per heavy atom. The van der Waals surface area contributed by atoms with E-state index >= 15 is 0 Å². The Morgan fingerprint density at radius 2 is 1.87 bits per heavy atom. The van der Waals surface area contributed by atoms with Gasteiger partial charge in [-0.05, 0) is 52.7 Å². The molecule has 1 aromatic rings. The minimum absolute atomic E-state index is 0.0332. The molecule has 0 aliphatic carbocycles. The van der Waals surface area contributed by atoms with Gasteiger partial charge in [0.1, 0.15) is 18.2 Å². The number of rotatable bonds is 2. The highest BCUT2D eigenvalue weighted by atomic mass is 16.6. The van der Waals surface area contributed by atoms with Gasteiger partial charge in [0, 0.05) is 32.1 Å². The topological polar surface area (TPSA) is 127 Å². The van der Waals surface area contributed by atoms with Gasteiger partial charge in [-0.1, -0.05) is 66.2 Å². The molecule has 0 unspecified atom stereocenters. The van der Waals surface area contributed by atoms with Crippen LogP contribution in [0, 0.1) is 16.7 Å². The van der Waals surface area contributed by atoms with E-state index in [0.717, 1.165) is 31.2 Å². The summed E-state index contributed by atoms with van der Waals surface area (Å²) in [5, 5.41) is 5.80. The lowest BCUT2D eigenvalue weighted by molar-refractivity contribution is -0.142. The van der Waals surface area contributed by atoms with Gasteiger partial charge in [-0.3, -0.25) is 14.5 Å². The molecule has 5 rings (SSSR count). The van der Waals surface area contributed by atoms with Crippen LogP contribution in [0.2, 0.25) is 0 Å². The molecule has 12 heteroatoms. The lowest BCUT2D eigenvalue weighted by atomic mass is 9.83. The van der Waals surface area contributed by atoms with Gasteiger partial charge in [-0.15, -0.1) is 0 Å². The standard InChI is InChI=1S/C33H48BN4O7/c1-20-18-44-34-27(20)36-28(39)25-14-23-16-38(25)29(40)26(32(2,3)4)35-30(41)43-19-33(5,6)13-8-7-10-21-11-9-12-22-15-37(17-24(21)22)31(42)45-23/h9,11-12,20,23,25-27H,7-8,10,13-19H2,1-6H3,(H,35,41)(H,36,39)/t20-,23-,25+,26-,27-/m1/s1. The Balaban J connectivity index is 1.42. The summed E-state index contributed by atoms with van der Waals surface area (Å²) in [6.07, 6.45) is 2.00. The Hall–Kier alpha value is -3.28. The molecule has 4 bridgehead atoms. The lowest BCUT2D eigenvalue weighted by Gasteiger charge is -2.35. The number of fused-ring (bicyclic) bond motifs is 3. The van der Waals surface area contributed by atoms with Crippen molar-refractivity contribution < 1.29 is 33.3 Å². The Kier molecular flexibility index (Phi) is 9.72. The zero-order valence-corrected chi connectivity index (χ0v) is 27.5. The van der Waals surface area contributed by atoms with Crippen molar-refractivity contribution in [2.45, 2.75) is 111 Å². The molecule has 45 heavy (non-hydrogen) atoms. The lowest BCUT2D eigenvalue weighted by Crippen LogP contribution is -2.58. The van der Waals surface area contributed by atoms with Crippen LogP contribution in [0.25, 0.3) is 0 Å². The first-order chi connectivity index (χ1) is 21.2. The van der Waals surface area contributed by atoms with E-state index in [0.29, 0.717) is 19.7 Å². The van der Waals surface area contributed by atoms with Crippen LogP contribution in [-0.4, -0.2) is 85.2 Å². The van der Waals surface area contributed by atoms with E-state index in [1.54, 1.807) is 12.4 Å². The summed E-state index contributed by atoms with van der Waals surface area (Å²) in [5.41, 5.74) is 2.57. The van der Waals surface area contributed by atoms with E-state index < -0.39 is 41.7 Å². The van der Waals surface area contributed by atoms with Crippen molar-refractivity contribution in [3.05, 3.63) is 34.9 Å². The molecule has 2 saturated heterocycles. The molecule has 5 atom stereocenters. The molecule has 0 aromatic heterocycles. The summed E-state index contributed by atoms with van der Waals surface area (Å²) in [5.74, 6) is -1.00. The fraction of sp³-hybridized carbons (Fsp3) is 0.697. The second kappa shape index (κ2) is 13.2. The van der Waals surface area contributed by atoms with Crippen molar-refractivity contribution in [3.8, 4) is 0 Å². The molecule has 4 amide bonds. The van der Waals surface area contributed by atoms with E-state index in [2.05, 4.69) is 36.6 Å². The largest absolute Gasteiger partial charge is 0.449 e. The minimum atomic E-state index is -0.977. The average molecular weight is 624 g/mol. The molecule has 4 aliphatic rings. The molecule has 0 saturated carbocycles. The Morgan fingerprint density at radius 3 is 2.58 bits per heavy atom. The molecule has 1 radical (unpaired) electrons. The van der Waals surface area contributed by atoms with Crippen molar-refractivity contribution >= 4 is 31.5 Å². The Labute approximate surface area is 267 Å². The number of hydrogen-bond acceptors (Lipinski definition) is 7. The van der Waals surface area contributed by atoms with E-state index in [4.69, 9.17) is 14.1 Å². The highest BCUT2D eigenvalue weighted by molar-refractivity contribution is 6.31. The number of cyclic esters (lactones) is 1. The highest BCUT2D eigenvalue weighted by Gasteiger charge is 2.47. The number of aryl methyl sites for hydroxylation is 1. The molecular weight excluding hydrogens is 575 g/mol. The molecule has 4 heterocycles. The zero-order chi connectivity index (χ0) is 32.5. The molecule has 0 spiro atoms. The van der Waals surface area contributed by atoms with Gasteiger partial charge in [-0.25, -0.2) is 9.59 Å². The Bertz CT molecular complexity index is 1300. The summed E-state index contributed by atoms with van der Waals surface area (Å²) < 4.78 is 17.1. The summed E-state index contributed by atoms with van der Waals surface area (Å²) in [6.45, 7) is 13.3. The van der Waals surface area contributed by atoms with E-state index in [9.17, 15) is 19.2 Å². The number of carbonyl (C=O) groups excluding carboxylic acids is 4. The van der Waals surface area contributed by atoms with Crippen molar-refractivity contribution in [3.63, 3.8) is 0 Å². The van der Waals surface area contributed by atoms with Crippen molar-refractivity contribution in [1.29, 1.82) is 0 Å². The van der Waals surface area contributed by atoms with Crippen LogP contribution in [0.4, 0.5) is 9.59 Å². The molecular formula is C33H48BN4O7. The van der Waals surface area contributed by atoms with Crippen LogP contribution in [0.15, 0.2) is 18.2 Å².